The lowest BCUT2D eigenvalue weighted by Gasteiger charge is -2.14. The van der Waals surface area contributed by atoms with Crippen LogP contribution in [-0.4, -0.2) is 20.5 Å². The van der Waals surface area contributed by atoms with Gasteiger partial charge in [0.15, 0.2) is 17.4 Å². The van der Waals surface area contributed by atoms with Crippen LogP contribution in [0, 0.1) is 31.3 Å². The Bertz CT molecular complexity index is 1400. The Hall–Kier alpha value is -3.59. The molecule has 0 saturated carbocycles. The average molecular weight is 475 g/mol. The molecule has 0 N–H and O–H groups in total. The average Bonchev–Trinajstić information content (AvgIpc) is 2.82. The second kappa shape index (κ2) is 9.11. The van der Waals surface area contributed by atoms with Crippen LogP contribution in [0.3, 0.4) is 0 Å². The van der Waals surface area contributed by atoms with Crippen molar-refractivity contribution in [1.29, 1.82) is 0 Å². The van der Waals surface area contributed by atoms with Gasteiger partial charge < -0.3 is 8.92 Å². The highest BCUT2D eigenvalue weighted by molar-refractivity contribution is 7.87. The van der Waals surface area contributed by atoms with Crippen LogP contribution < -0.4 is 4.18 Å². The van der Waals surface area contributed by atoms with Crippen molar-refractivity contribution in [3.8, 4) is 5.75 Å². The number of benzene rings is 2. The van der Waals surface area contributed by atoms with E-state index < -0.39 is 33.3 Å². The quantitative estimate of drug-likeness (QED) is 0.188. The summed E-state index contributed by atoms with van der Waals surface area (Å²) in [5, 5.41) is 1.05. The Kier molecular flexibility index (Phi) is 6.64. The van der Waals surface area contributed by atoms with Crippen molar-refractivity contribution in [3.05, 3.63) is 95.8 Å². The van der Waals surface area contributed by atoms with Crippen molar-refractivity contribution >= 4 is 26.5 Å². The molecule has 3 aromatic rings. The van der Waals surface area contributed by atoms with Crippen molar-refractivity contribution < 1.29 is 30.5 Å². The zero-order chi connectivity index (χ0) is 24.5. The van der Waals surface area contributed by atoms with E-state index in [9.17, 15) is 21.6 Å². The van der Waals surface area contributed by atoms with Gasteiger partial charge >= 0.3 is 10.1 Å². The van der Waals surface area contributed by atoms with E-state index in [0.29, 0.717) is 27.8 Å². The highest BCUT2D eigenvalue weighted by atomic mass is 32.2. The number of fused-ring (bicyclic) bond motifs is 1. The smallest absolute Gasteiger partial charge is 0.339 e. The first kappa shape index (κ1) is 24.1. The number of hydrogen-bond acceptors (Lipinski definition) is 5. The molecule has 0 saturated heterocycles. The molecule has 0 aliphatic rings. The maximum Gasteiger partial charge on any atom is 0.339 e. The molecule has 1 heterocycles. The SMILES string of the molecule is C=CC(OC)=C(C=C)c1nccc2cc(S(=O)(=O)Oc3c(C)c(C)c(F)c(F)c3F)ccc12. The molecule has 172 valence electrons. The van der Waals surface area contributed by atoms with Gasteiger partial charge in [0.25, 0.3) is 0 Å². The molecule has 1 aromatic heterocycles. The number of nitrogens with zero attached hydrogens (tertiary/aromatic N) is 1. The minimum atomic E-state index is -4.58. The number of ether oxygens (including phenoxy) is 1. The van der Waals surface area contributed by atoms with Gasteiger partial charge in [-0.15, -0.1) is 0 Å². The van der Waals surface area contributed by atoms with Gasteiger partial charge in [0.1, 0.15) is 10.7 Å². The lowest BCUT2D eigenvalue weighted by molar-refractivity contribution is 0.309. The minimum Gasteiger partial charge on any atom is -0.496 e. The number of hydrogen-bond donors (Lipinski definition) is 0. The molecule has 33 heavy (non-hydrogen) atoms. The Morgan fingerprint density at radius 2 is 1.70 bits per heavy atom. The molecule has 0 bridgehead atoms. The minimum absolute atomic E-state index is 0.167. The van der Waals surface area contributed by atoms with Crippen LogP contribution in [0.5, 0.6) is 5.75 Å². The van der Waals surface area contributed by atoms with E-state index in [4.69, 9.17) is 8.92 Å². The van der Waals surface area contributed by atoms with Crippen LogP contribution in [0.25, 0.3) is 16.3 Å². The van der Waals surface area contributed by atoms with Gasteiger partial charge in [-0.1, -0.05) is 25.3 Å². The summed E-state index contributed by atoms with van der Waals surface area (Å²) in [5.74, 6) is -5.40. The van der Waals surface area contributed by atoms with Crippen molar-refractivity contribution in [2.45, 2.75) is 18.7 Å². The van der Waals surface area contributed by atoms with Crippen LogP contribution in [0.4, 0.5) is 13.2 Å². The molecule has 0 amide bonds. The van der Waals surface area contributed by atoms with Crippen molar-refractivity contribution in [3.63, 3.8) is 0 Å². The van der Waals surface area contributed by atoms with Crippen LogP contribution in [0.1, 0.15) is 16.8 Å². The fourth-order valence-electron chi connectivity index (χ4n) is 3.26. The standard InChI is InChI=1S/C24H20F3NO4S/c1-6-17(19(7-2)31-5)23-18-9-8-16(12-15(18)10-11-28-23)33(29,30)32-24-14(4)13(3)20(25)21(26)22(24)27/h6-12H,1-2H2,3-5H3. The number of methoxy groups -OCH3 is 1. The second-order valence-corrected chi connectivity index (χ2v) is 8.54. The fraction of sp³-hybridized carbons (Fsp3) is 0.125. The van der Waals surface area contributed by atoms with Gasteiger partial charge in [0.05, 0.1) is 12.8 Å². The third-order valence-corrected chi connectivity index (χ3v) is 6.38. The van der Waals surface area contributed by atoms with Crippen molar-refractivity contribution in [1.82, 2.24) is 4.98 Å². The molecule has 0 radical (unpaired) electrons. The first-order valence-electron chi connectivity index (χ1n) is 9.57. The van der Waals surface area contributed by atoms with Gasteiger partial charge in [-0.3, -0.25) is 4.98 Å². The van der Waals surface area contributed by atoms with Crippen molar-refractivity contribution in [2.24, 2.45) is 0 Å². The molecular weight excluding hydrogens is 455 g/mol. The maximum atomic E-state index is 14.3. The van der Waals surface area contributed by atoms with Crippen LogP contribution in [0.2, 0.25) is 0 Å². The number of allylic oxidation sites excluding steroid dienone is 3. The summed E-state index contributed by atoms with van der Waals surface area (Å²) in [6, 6.07) is 5.61. The molecule has 0 aliphatic carbocycles. The van der Waals surface area contributed by atoms with Gasteiger partial charge in [-0.2, -0.15) is 12.8 Å². The fourth-order valence-corrected chi connectivity index (χ4v) is 4.28. The van der Waals surface area contributed by atoms with E-state index in [-0.39, 0.29) is 16.0 Å². The van der Waals surface area contributed by atoms with E-state index in [1.165, 1.54) is 57.5 Å². The third kappa shape index (κ3) is 4.23. The molecule has 5 nitrogen and oxygen atoms in total. The number of aromatic nitrogens is 1. The predicted molar refractivity (Wildman–Crippen MR) is 120 cm³/mol. The lowest BCUT2D eigenvalue weighted by atomic mass is 10.0. The number of pyridine rings is 1. The van der Waals surface area contributed by atoms with E-state index in [1.807, 2.05) is 0 Å². The zero-order valence-electron chi connectivity index (χ0n) is 18.1. The first-order valence-corrected chi connectivity index (χ1v) is 11.0. The van der Waals surface area contributed by atoms with Gasteiger partial charge in [0, 0.05) is 22.7 Å². The third-order valence-electron chi connectivity index (χ3n) is 5.16. The monoisotopic (exact) mass is 475 g/mol. The molecule has 0 unspecified atom stereocenters. The Morgan fingerprint density at radius 3 is 2.30 bits per heavy atom. The zero-order valence-corrected chi connectivity index (χ0v) is 18.9. The van der Waals surface area contributed by atoms with E-state index in [1.54, 1.807) is 6.07 Å². The summed E-state index contributed by atoms with van der Waals surface area (Å²) in [5.41, 5.74) is 0.593. The summed E-state index contributed by atoms with van der Waals surface area (Å²) < 4.78 is 77.8. The van der Waals surface area contributed by atoms with E-state index >= 15 is 0 Å². The first-order chi connectivity index (χ1) is 15.6. The molecule has 0 aliphatic heterocycles. The summed E-state index contributed by atoms with van der Waals surface area (Å²) >= 11 is 0. The lowest BCUT2D eigenvalue weighted by Crippen LogP contribution is -2.14. The highest BCUT2D eigenvalue weighted by Gasteiger charge is 2.27. The molecule has 0 atom stereocenters. The molecule has 9 heteroatoms. The van der Waals surface area contributed by atoms with Gasteiger partial charge in [-0.05, 0) is 49.1 Å². The second-order valence-electron chi connectivity index (χ2n) is 6.99. The van der Waals surface area contributed by atoms with Gasteiger partial charge in [-0.25, -0.2) is 8.78 Å². The molecule has 0 fully saturated rings. The molecule has 3 rings (SSSR count). The summed E-state index contributed by atoms with van der Waals surface area (Å²) in [4.78, 5) is 4.03. The Morgan fingerprint density at radius 1 is 1.00 bits per heavy atom. The predicted octanol–water partition coefficient (Wildman–Crippen LogP) is 5.77. The summed E-state index contributed by atoms with van der Waals surface area (Å²) in [6.07, 6.45) is 4.50. The van der Waals surface area contributed by atoms with Crippen LogP contribution in [-0.2, 0) is 14.9 Å². The Balaban J connectivity index is 2.14. The highest BCUT2D eigenvalue weighted by Crippen LogP contribution is 2.34. The largest absolute Gasteiger partial charge is 0.496 e. The maximum absolute atomic E-state index is 14.3. The molecule has 2 aromatic carbocycles. The number of halogens is 3. The van der Waals surface area contributed by atoms with E-state index in [2.05, 4.69) is 18.1 Å². The normalized spacial score (nSPS) is 12.3. The van der Waals surface area contributed by atoms with Crippen LogP contribution in [0.15, 0.2) is 66.4 Å². The van der Waals surface area contributed by atoms with Gasteiger partial charge in [0.2, 0.25) is 5.82 Å². The summed E-state index contributed by atoms with van der Waals surface area (Å²) in [6.45, 7) is 9.89. The summed E-state index contributed by atoms with van der Waals surface area (Å²) in [7, 11) is -3.12. The molecular formula is C24H20F3NO4S. The number of rotatable bonds is 7. The van der Waals surface area contributed by atoms with E-state index in [0.717, 1.165) is 0 Å². The topological polar surface area (TPSA) is 65.5 Å². The van der Waals surface area contributed by atoms with Crippen molar-refractivity contribution in [2.75, 3.05) is 7.11 Å². The van der Waals surface area contributed by atoms with Crippen LogP contribution >= 0.6 is 0 Å². The molecule has 0 spiro atoms. The Labute approximate surface area is 189 Å².